The zero-order valence-electron chi connectivity index (χ0n) is 13.0. The van der Waals surface area contributed by atoms with E-state index in [4.69, 9.17) is 5.73 Å². The first-order valence-electron chi connectivity index (χ1n) is 7.90. The summed E-state index contributed by atoms with van der Waals surface area (Å²) in [5.74, 6) is 0. The van der Waals surface area contributed by atoms with Crippen LogP contribution in [-0.2, 0) is 0 Å². The predicted octanol–water partition coefficient (Wildman–Crippen LogP) is 2.49. The highest BCUT2D eigenvalue weighted by atomic mass is 15.3. The molecule has 0 radical (unpaired) electrons. The third kappa shape index (κ3) is 4.58. The van der Waals surface area contributed by atoms with Crippen LogP contribution in [0.3, 0.4) is 0 Å². The number of piperazine rings is 1. The van der Waals surface area contributed by atoms with Crippen LogP contribution in [-0.4, -0.2) is 49.1 Å². The Morgan fingerprint density at radius 3 is 2.65 bits per heavy atom. The van der Waals surface area contributed by atoms with Crippen LogP contribution in [0, 0.1) is 0 Å². The van der Waals surface area contributed by atoms with Crippen molar-refractivity contribution in [3.8, 4) is 0 Å². The third-order valence-electron chi connectivity index (χ3n) is 4.23. The van der Waals surface area contributed by atoms with E-state index in [0.717, 1.165) is 13.0 Å². The molecule has 2 unspecified atom stereocenters. The second-order valence-corrected chi connectivity index (χ2v) is 6.20. The van der Waals surface area contributed by atoms with Gasteiger partial charge in [0, 0.05) is 31.7 Å². The summed E-state index contributed by atoms with van der Waals surface area (Å²) in [5.41, 5.74) is 7.28. The summed E-state index contributed by atoms with van der Waals surface area (Å²) in [5, 5.41) is 0. The molecular formula is C17H29N3. The topological polar surface area (TPSA) is 32.5 Å². The minimum Gasteiger partial charge on any atom is -0.328 e. The molecule has 112 valence electrons. The van der Waals surface area contributed by atoms with Gasteiger partial charge in [-0.05, 0) is 38.9 Å². The van der Waals surface area contributed by atoms with Crippen molar-refractivity contribution in [3.63, 3.8) is 0 Å². The van der Waals surface area contributed by atoms with Gasteiger partial charge in [-0.3, -0.25) is 4.90 Å². The summed E-state index contributed by atoms with van der Waals surface area (Å²) >= 11 is 0. The molecule has 0 bridgehead atoms. The van der Waals surface area contributed by atoms with E-state index in [2.05, 4.69) is 54.1 Å². The largest absolute Gasteiger partial charge is 0.328 e. The molecule has 2 atom stereocenters. The van der Waals surface area contributed by atoms with Crippen molar-refractivity contribution in [2.24, 2.45) is 5.73 Å². The van der Waals surface area contributed by atoms with Crippen molar-refractivity contribution in [2.45, 2.75) is 38.3 Å². The number of nitrogens with two attached hydrogens (primary N) is 1. The van der Waals surface area contributed by atoms with E-state index in [1.165, 1.54) is 38.0 Å². The van der Waals surface area contributed by atoms with E-state index < -0.39 is 0 Å². The molecule has 1 aliphatic rings. The van der Waals surface area contributed by atoms with Crippen LogP contribution in [0.4, 0.5) is 0 Å². The lowest BCUT2D eigenvalue weighted by molar-refractivity contribution is 0.0880. The molecule has 2 N–H and O–H groups in total. The van der Waals surface area contributed by atoms with Gasteiger partial charge in [0.15, 0.2) is 0 Å². The monoisotopic (exact) mass is 275 g/mol. The van der Waals surface area contributed by atoms with E-state index in [-0.39, 0.29) is 0 Å². The van der Waals surface area contributed by atoms with Crippen molar-refractivity contribution in [1.82, 2.24) is 9.80 Å². The van der Waals surface area contributed by atoms with Gasteiger partial charge >= 0.3 is 0 Å². The number of rotatable bonds is 6. The second kappa shape index (κ2) is 7.77. The van der Waals surface area contributed by atoms with Crippen LogP contribution in [0.1, 0.15) is 37.8 Å². The maximum absolute atomic E-state index is 5.83. The fraction of sp³-hybridized carbons (Fsp3) is 0.647. The lowest BCUT2D eigenvalue weighted by atomic mass is 10.0. The maximum atomic E-state index is 5.83. The Morgan fingerprint density at radius 2 is 1.95 bits per heavy atom. The van der Waals surface area contributed by atoms with Gasteiger partial charge in [0.1, 0.15) is 0 Å². The number of benzene rings is 1. The summed E-state index contributed by atoms with van der Waals surface area (Å²) in [6, 6.07) is 11.8. The molecule has 0 saturated carbocycles. The van der Waals surface area contributed by atoms with Crippen LogP contribution >= 0.6 is 0 Å². The SMILES string of the molecule is CC(N)CCCCN1CCN(C)CC1c1ccccc1. The minimum absolute atomic E-state index is 0.340. The number of hydrogen-bond acceptors (Lipinski definition) is 3. The molecule has 1 aromatic carbocycles. The van der Waals surface area contributed by atoms with Gasteiger partial charge in [0.2, 0.25) is 0 Å². The van der Waals surface area contributed by atoms with E-state index in [1.54, 1.807) is 0 Å². The van der Waals surface area contributed by atoms with E-state index >= 15 is 0 Å². The predicted molar refractivity (Wildman–Crippen MR) is 85.8 cm³/mol. The van der Waals surface area contributed by atoms with Crippen molar-refractivity contribution < 1.29 is 0 Å². The van der Waals surface area contributed by atoms with Crippen molar-refractivity contribution in [1.29, 1.82) is 0 Å². The Hall–Kier alpha value is -0.900. The molecule has 1 aromatic rings. The number of unbranched alkanes of at least 4 members (excludes halogenated alkanes) is 1. The van der Waals surface area contributed by atoms with Crippen LogP contribution < -0.4 is 5.73 Å². The quantitative estimate of drug-likeness (QED) is 0.810. The first kappa shape index (κ1) is 15.5. The van der Waals surface area contributed by atoms with Crippen molar-refractivity contribution in [2.75, 3.05) is 33.2 Å². The van der Waals surface area contributed by atoms with E-state index in [9.17, 15) is 0 Å². The van der Waals surface area contributed by atoms with Crippen LogP contribution in [0.2, 0.25) is 0 Å². The molecule has 0 aromatic heterocycles. The Bertz CT molecular complexity index is 377. The molecule has 0 amide bonds. The Labute approximate surface area is 123 Å². The number of hydrogen-bond donors (Lipinski definition) is 1. The molecule has 1 saturated heterocycles. The normalized spacial score (nSPS) is 22.9. The molecule has 1 fully saturated rings. The summed E-state index contributed by atoms with van der Waals surface area (Å²) in [7, 11) is 2.23. The Morgan fingerprint density at radius 1 is 1.20 bits per heavy atom. The van der Waals surface area contributed by atoms with E-state index in [0.29, 0.717) is 12.1 Å². The second-order valence-electron chi connectivity index (χ2n) is 6.20. The zero-order valence-corrected chi connectivity index (χ0v) is 13.0. The molecule has 0 spiro atoms. The molecule has 3 nitrogen and oxygen atoms in total. The summed E-state index contributed by atoms with van der Waals surface area (Å²) < 4.78 is 0. The maximum Gasteiger partial charge on any atom is 0.0475 e. The van der Waals surface area contributed by atoms with Crippen LogP contribution in [0.15, 0.2) is 30.3 Å². The summed E-state index contributed by atoms with van der Waals surface area (Å²) in [6.45, 7) is 6.78. The van der Waals surface area contributed by atoms with Crippen LogP contribution in [0.25, 0.3) is 0 Å². The smallest absolute Gasteiger partial charge is 0.0475 e. The van der Waals surface area contributed by atoms with Gasteiger partial charge in [0.25, 0.3) is 0 Å². The molecule has 1 aliphatic heterocycles. The van der Waals surface area contributed by atoms with Gasteiger partial charge in [-0.2, -0.15) is 0 Å². The molecule has 2 rings (SSSR count). The summed E-state index contributed by atoms with van der Waals surface area (Å²) in [6.07, 6.45) is 3.64. The molecule has 20 heavy (non-hydrogen) atoms. The van der Waals surface area contributed by atoms with E-state index in [1.807, 2.05) is 0 Å². The first-order valence-corrected chi connectivity index (χ1v) is 7.90. The molecular weight excluding hydrogens is 246 g/mol. The van der Waals surface area contributed by atoms with Gasteiger partial charge in [0.05, 0.1) is 0 Å². The fourth-order valence-electron chi connectivity index (χ4n) is 3.00. The summed E-state index contributed by atoms with van der Waals surface area (Å²) in [4.78, 5) is 5.09. The minimum atomic E-state index is 0.340. The highest BCUT2D eigenvalue weighted by Gasteiger charge is 2.25. The lowest BCUT2D eigenvalue weighted by Crippen LogP contribution is -2.47. The average Bonchev–Trinajstić information content (AvgIpc) is 2.45. The van der Waals surface area contributed by atoms with Gasteiger partial charge in [-0.1, -0.05) is 36.8 Å². The van der Waals surface area contributed by atoms with Crippen molar-refractivity contribution in [3.05, 3.63) is 35.9 Å². The number of nitrogens with zero attached hydrogens (tertiary/aromatic N) is 2. The standard InChI is InChI=1S/C17H29N3/c1-15(18)8-6-7-11-20-13-12-19(2)14-17(20)16-9-4-3-5-10-16/h3-5,9-10,15,17H,6-8,11-14,18H2,1-2H3. The lowest BCUT2D eigenvalue weighted by Gasteiger charge is -2.40. The third-order valence-corrected chi connectivity index (χ3v) is 4.23. The fourth-order valence-corrected chi connectivity index (χ4v) is 3.00. The zero-order chi connectivity index (χ0) is 14.4. The molecule has 3 heteroatoms. The number of likely N-dealkylation sites (N-methyl/N-ethyl adjacent to an activating group) is 1. The Kier molecular flexibility index (Phi) is 6.02. The first-order chi connectivity index (χ1) is 9.66. The van der Waals surface area contributed by atoms with Crippen molar-refractivity contribution >= 4 is 0 Å². The van der Waals surface area contributed by atoms with Gasteiger partial charge < -0.3 is 10.6 Å². The highest BCUT2D eigenvalue weighted by Crippen LogP contribution is 2.25. The van der Waals surface area contributed by atoms with Crippen LogP contribution in [0.5, 0.6) is 0 Å². The highest BCUT2D eigenvalue weighted by molar-refractivity contribution is 5.20. The van der Waals surface area contributed by atoms with Gasteiger partial charge in [-0.25, -0.2) is 0 Å². The molecule has 1 heterocycles. The average molecular weight is 275 g/mol. The Balaban J connectivity index is 1.91. The molecule has 0 aliphatic carbocycles. The van der Waals surface area contributed by atoms with Gasteiger partial charge in [-0.15, -0.1) is 0 Å².